The van der Waals surface area contributed by atoms with E-state index in [9.17, 15) is 14.0 Å². The Kier molecular flexibility index (Phi) is 2.45. The van der Waals surface area contributed by atoms with Gasteiger partial charge in [0.2, 0.25) is 11.8 Å². The predicted octanol–water partition coefficient (Wildman–Crippen LogP) is 2.50. The molecule has 0 bridgehead atoms. The molecule has 3 rings (SSSR count). The van der Waals surface area contributed by atoms with Gasteiger partial charge in [0.15, 0.2) is 0 Å². The predicted molar refractivity (Wildman–Crippen MR) is 72.3 cm³/mol. The lowest BCUT2D eigenvalue weighted by molar-refractivity contribution is -0.147. The van der Waals surface area contributed by atoms with Gasteiger partial charge in [0.05, 0.1) is 11.8 Å². The molecule has 0 aromatic heterocycles. The monoisotopic (exact) mass is 275 g/mol. The highest BCUT2D eigenvalue weighted by Crippen LogP contribution is 2.65. The lowest BCUT2D eigenvalue weighted by atomic mass is 9.90. The molecule has 0 radical (unpaired) electrons. The molecule has 3 atom stereocenters. The molecule has 4 heteroatoms. The second-order valence-corrected chi connectivity index (χ2v) is 6.93. The first-order chi connectivity index (χ1) is 9.19. The molecule has 106 valence electrons. The molecule has 1 aromatic carbocycles. The molecule has 1 unspecified atom stereocenters. The Morgan fingerprint density at radius 2 is 1.50 bits per heavy atom. The number of fused-ring (bicyclic) bond motifs is 1. The average Bonchev–Trinajstić information content (AvgIpc) is 2.85. The van der Waals surface area contributed by atoms with Crippen molar-refractivity contribution in [3.8, 4) is 0 Å². The Hall–Kier alpha value is -1.71. The number of carbonyl (C=O) groups excluding carboxylic acids is 2. The van der Waals surface area contributed by atoms with Crippen molar-refractivity contribution >= 4 is 11.8 Å². The first-order valence-electron chi connectivity index (χ1n) is 6.83. The van der Waals surface area contributed by atoms with Gasteiger partial charge in [0.1, 0.15) is 5.82 Å². The summed E-state index contributed by atoms with van der Waals surface area (Å²) in [5.41, 5.74) is -0.0845. The van der Waals surface area contributed by atoms with Crippen LogP contribution in [0.3, 0.4) is 0 Å². The number of benzene rings is 1. The maximum atomic E-state index is 13.0. The third-order valence-electron chi connectivity index (χ3n) is 4.63. The zero-order valence-electron chi connectivity index (χ0n) is 12.1. The molecule has 2 amide bonds. The fraction of sp³-hybridized carbons (Fsp3) is 0.500. The van der Waals surface area contributed by atoms with Gasteiger partial charge in [-0.25, -0.2) is 4.39 Å². The third kappa shape index (κ3) is 1.51. The summed E-state index contributed by atoms with van der Waals surface area (Å²) in [5.74, 6) is -1.09. The van der Waals surface area contributed by atoms with Gasteiger partial charge in [-0.1, -0.05) is 19.1 Å². The molecule has 1 saturated heterocycles. The maximum Gasteiger partial charge on any atom is 0.234 e. The first kappa shape index (κ1) is 13.3. The van der Waals surface area contributed by atoms with Crippen LogP contribution in [-0.4, -0.2) is 22.3 Å². The van der Waals surface area contributed by atoms with Crippen LogP contribution >= 0.6 is 0 Å². The first-order valence-corrected chi connectivity index (χ1v) is 6.83. The third-order valence-corrected chi connectivity index (χ3v) is 4.63. The minimum Gasteiger partial charge on any atom is -0.277 e. The van der Waals surface area contributed by atoms with Crippen molar-refractivity contribution in [2.24, 2.45) is 11.8 Å². The number of halogens is 1. The van der Waals surface area contributed by atoms with E-state index in [-0.39, 0.29) is 29.5 Å². The maximum absolute atomic E-state index is 13.0. The van der Waals surface area contributed by atoms with E-state index in [2.05, 4.69) is 0 Å². The molecular weight excluding hydrogens is 257 g/mol. The van der Waals surface area contributed by atoms with E-state index >= 15 is 0 Å². The van der Waals surface area contributed by atoms with Crippen molar-refractivity contribution in [1.29, 1.82) is 0 Å². The average molecular weight is 275 g/mol. The van der Waals surface area contributed by atoms with Crippen molar-refractivity contribution in [3.05, 3.63) is 35.6 Å². The molecule has 1 aliphatic heterocycles. The molecule has 2 aliphatic rings. The number of piperidine rings is 1. The van der Waals surface area contributed by atoms with Crippen LogP contribution in [0.4, 0.5) is 4.39 Å². The number of hydrogen-bond donors (Lipinski definition) is 0. The standard InChI is InChI=1S/C16H18FNO2/c1-15(2,3)18-13(19)11-12(14(18)20)16(11,4)9-5-7-10(17)8-6-9/h5-8,11-12H,1-4H3/t11-,12+,16?. The highest BCUT2D eigenvalue weighted by molar-refractivity contribution is 6.12. The summed E-state index contributed by atoms with van der Waals surface area (Å²) in [4.78, 5) is 26.4. The molecule has 1 saturated carbocycles. The second-order valence-electron chi connectivity index (χ2n) is 6.93. The lowest BCUT2D eigenvalue weighted by Crippen LogP contribution is -2.49. The van der Waals surface area contributed by atoms with Gasteiger partial charge in [-0.2, -0.15) is 0 Å². The Labute approximate surface area is 117 Å². The van der Waals surface area contributed by atoms with E-state index in [1.807, 2.05) is 27.7 Å². The van der Waals surface area contributed by atoms with Gasteiger partial charge >= 0.3 is 0 Å². The molecular formula is C16H18FNO2. The van der Waals surface area contributed by atoms with Gasteiger partial charge in [-0.05, 0) is 38.5 Å². The van der Waals surface area contributed by atoms with Gasteiger partial charge in [0, 0.05) is 11.0 Å². The Bertz CT molecular complexity index is 578. The van der Waals surface area contributed by atoms with Crippen LogP contribution in [0.5, 0.6) is 0 Å². The normalized spacial score (nSPS) is 32.5. The van der Waals surface area contributed by atoms with Crippen molar-refractivity contribution in [1.82, 2.24) is 4.90 Å². The molecule has 0 spiro atoms. The highest BCUT2D eigenvalue weighted by Gasteiger charge is 2.76. The smallest absolute Gasteiger partial charge is 0.234 e. The van der Waals surface area contributed by atoms with Crippen LogP contribution in [0.2, 0.25) is 0 Å². The van der Waals surface area contributed by atoms with Gasteiger partial charge < -0.3 is 0 Å². The van der Waals surface area contributed by atoms with Crippen molar-refractivity contribution < 1.29 is 14.0 Å². The fourth-order valence-corrected chi connectivity index (χ4v) is 3.53. The summed E-state index contributed by atoms with van der Waals surface area (Å²) in [7, 11) is 0. The molecule has 0 N–H and O–H groups in total. The minimum atomic E-state index is -0.481. The zero-order chi connectivity index (χ0) is 14.9. The molecule has 1 aliphatic carbocycles. The highest BCUT2D eigenvalue weighted by atomic mass is 19.1. The number of rotatable bonds is 1. The summed E-state index contributed by atoms with van der Waals surface area (Å²) in [5, 5.41) is 0. The SMILES string of the molecule is CC1(c2ccc(F)cc2)[C@@H]2C(=O)N(C(C)(C)C)C(=O)[C@@H]21. The fourth-order valence-electron chi connectivity index (χ4n) is 3.53. The van der Waals surface area contributed by atoms with E-state index < -0.39 is 11.0 Å². The number of likely N-dealkylation sites (tertiary alicyclic amines) is 1. The number of imide groups is 1. The van der Waals surface area contributed by atoms with E-state index in [0.717, 1.165) is 5.56 Å². The van der Waals surface area contributed by atoms with E-state index in [0.29, 0.717) is 0 Å². The van der Waals surface area contributed by atoms with Crippen LogP contribution in [0.1, 0.15) is 33.3 Å². The molecule has 20 heavy (non-hydrogen) atoms. The Balaban J connectivity index is 1.95. The largest absolute Gasteiger partial charge is 0.277 e. The van der Waals surface area contributed by atoms with E-state index in [1.54, 1.807) is 12.1 Å². The molecule has 3 nitrogen and oxygen atoms in total. The van der Waals surface area contributed by atoms with E-state index in [1.165, 1.54) is 17.0 Å². The minimum absolute atomic E-state index is 0.0978. The summed E-state index contributed by atoms with van der Waals surface area (Å²) in [6.07, 6.45) is 0. The lowest BCUT2D eigenvalue weighted by Gasteiger charge is -2.33. The molecule has 1 aromatic rings. The summed E-state index contributed by atoms with van der Waals surface area (Å²) < 4.78 is 13.0. The van der Waals surface area contributed by atoms with Crippen LogP contribution < -0.4 is 0 Å². The Morgan fingerprint density at radius 1 is 1.05 bits per heavy atom. The quantitative estimate of drug-likeness (QED) is 0.738. The topological polar surface area (TPSA) is 37.4 Å². The van der Waals surface area contributed by atoms with Crippen molar-refractivity contribution in [3.63, 3.8) is 0 Å². The second kappa shape index (κ2) is 3.68. The summed E-state index contributed by atoms with van der Waals surface area (Å²) >= 11 is 0. The summed E-state index contributed by atoms with van der Waals surface area (Å²) in [6, 6.07) is 6.11. The zero-order valence-corrected chi connectivity index (χ0v) is 12.1. The number of carbonyl (C=O) groups is 2. The molecule has 2 fully saturated rings. The van der Waals surface area contributed by atoms with Crippen LogP contribution in [0.25, 0.3) is 0 Å². The van der Waals surface area contributed by atoms with Crippen molar-refractivity contribution in [2.45, 2.75) is 38.6 Å². The number of amides is 2. The van der Waals surface area contributed by atoms with Crippen LogP contribution in [-0.2, 0) is 15.0 Å². The summed E-state index contributed by atoms with van der Waals surface area (Å²) in [6.45, 7) is 7.51. The van der Waals surface area contributed by atoms with Crippen LogP contribution in [0, 0.1) is 17.7 Å². The van der Waals surface area contributed by atoms with E-state index in [4.69, 9.17) is 0 Å². The van der Waals surface area contributed by atoms with Gasteiger partial charge in [-0.15, -0.1) is 0 Å². The molecule has 1 heterocycles. The number of nitrogens with zero attached hydrogens (tertiary/aromatic N) is 1. The van der Waals surface area contributed by atoms with Crippen LogP contribution in [0.15, 0.2) is 24.3 Å². The Morgan fingerprint density at radius 3 is 1.90 bits per heavy atom. The van der Waals surface area contributed by atoms with Crippen molar-refractivity contribution in [2.75, 3.05) is 0 Å². The van der Waals surface area contributed by atoms with Gasteiger partial charge in [-0.3, -0.25) is 14.5 Å². The van der Waals surface area contributed by atoms with Gasteiger partial charge in [0.25, 0.3) is 0 Å². The number of hydrogen-bond acceptors (Lipinski definition) is 2.